The Hall–Kier alpha value is -3.39. The normalized spacial score (nSPS) is 11.2. The molecule has 3 aromatic rings. The average Bonchev–Trinajstić information content (AvgIpc) is 3.05. The van der Waals surface area contributed by atoms with E-state index in [9.17, 15) is 5.26 Å². The van der Waals surface area contributed by atoms with E-state index >= 15 is 0 Å². The number of hydrogen-bond acceptors (Lipinski definition) is 4. The number of rotatable bonds is 5. The van der Waals surface area contributed by atoms with Gasteiger partial charge in [0.1, 0.15) is 11.4 Å². The van der Waals surface area contributed by atoms with Gasteiger partial charge >= 0.3 is 0 Å². The van der Waals surface area contributed by atoms with Crippen LogP contribution in [0.1, 0.15) is 31.4 Å². The van der Waals surface area contributed by atoms with E-state index in [0.29, 0.717) is 17.2 Å². The van der Waals surface area contributed by atoms with Crippen LogP contribution in [0, 0.1) is 11.3 Å². The Morgan fingerprint density at radius 1 is 1.23 bits per heavy atom. The lowest BCUT2D eigenvalue weighted by molar-refractivity contribution is 0.429. The number of benzene rings is 1. The predicted molar refractivity (Wildman–Crippen MR) is 102 cm³/mol. The fourth-order valence-corrected chi connectivity index (χ4v) is 2.79. The third-order valence-corrected chi connectivity index (χ3v) is 4.16. The minimum Gasteiger partial charge on any atom is -0.439 e. The molecule has 0 N–H and O–H groups in total. The summed E-state index contributed by atoms with van der Waals surface area (Å²) in [5, 5.41) is 13.7. The number of allylic oxidation sites excluding steroid dienone is 2. The zero-order chi connectivity index (χ0) is 18.5. The van der Waals surface area contributed by atoms with Crippen LogP contribution in [0.4, 0.5) is 0 Å². The molecule has 0 saturated heterocycles. The highest BCUT2D eigenvalue weighted by atomic mass is 16.5. The second-order valence-electron chi connectivity index (χ2n) is 5.80. The molecule has 3 rings (SSSR count). The summed E-state index contributed by atoms with van der Waals surface area (Å²) in [6.07, 6.45) is 4.68. The van der Waals surface area contributed by atoms with E-state index in [-0.39, 0.29) is 0 Å². The van der Waals surface area contributed by atoms with Crippen molar-refractivity contribution in [2.75, 3.05) is 0 Å². The minimum atomic E-state index is 0.558. The highest BCUT2D eigenvalue weighted by Crippen LogP contribution is 2.33. The van der Waals surface area contributed by atoms with Crippen LogP contribution in [0.25, 0.3) is 17.0 Å². The molecule has 0 bridgehead atoms. The van der Waals surface area contributed by atoms with Gasteiger partial charge in [-0.3, -0.25) is 4.98 Å². The van der Waals surface area contributed by atoms with Gasteiger partial charge in [-0.15, -0.1) is 0 Å². The van der Waals surface area contributed by atoms with Gasteiger partial charge < -0.3 is 4.74 Å². The molecule has 0 spiro atoms. The van der Waals surface area contributed by atoms with Gasteiger partial charge in [-0.25, -0.2) is 4.68 Å². The summed E-state index contributed by atoms with van der Waals surface area (Å²) in [5.41, 5.74) is 4.23. The SMILES string of the molecule is C/C=C(\CC)c1ccc(C#N)cc1Oc1cc(-c2ccccn2)nn1C. The Morgan fingerprint density at radius 3 is 2.73 bits per heavy atom. The van der Waals surface area contributed by atoms with Crippen LogP contribution in [0.15, 0.2) is 54.7 Å². The van der Waals surface area contributed by atoms with Crippen LogP contribution in [-0.2, 0) is 7.05 Å². The summed E-state index contributed by atoms with van der Waals surface area (Å²) >= 11 is 0. The smallest absolute Gasteiger partial charge is 0.218 e. The maximum absolute atomic E-state index is 9.23. The van der Waals surface area contributed by atoms with E-state index < -0.39 is 0 Å². The van der Waals surface area contributed by atoms with E-state index in [4.69, 9.17) is 4.74 Å². The fourth-order valence-electron chi connectivity index (χ4n) is 2.79. The van der Waals surface area contributed by atoms with Gasteiger partial charge in [0.05, 0.1) is 17.3 Å². The number of nitrogens with zero attached hydrogens (tertiary/aromatic N) is 4. The fraction of sp³-hybridized carbons (Fsp3) is 0.190. The van der Waals surface area contributed by atoms with E-state index in [1.54, 1.807) is 16.9 Å². The molecule has 0 amide bonds. The highest BCUT2D eigenvalue weighted by Gasteiger charge is 2.14. The molecule has 0 atom stereocenters. The molecule has 0 radical (unpaired) electrons. The summed E-state index contributed by atoms with van der Waals surface area (Å²) < 4.78 is 7.83. The molecule has 2 aromatic heterocycles. The second kappa shape index (κ2) is 7.66. The third kappa shape index (κ3) is 3.50. The van der Waals surface area contributed by atoms with Crippen molar-refractivity contribution in [1.82, 2.24) is 14.8 Å². The molecular formula is C21H20N4O. The number of aromatic nitrogens is 3. The number of pyridine rings is 1. The summed E-state index contributed by atoms with van der Waals surface area (Å²) in [4.78, 5) is 4.33. The van der Waals surface area contributed by atoms with E-state index in [1.165, 1.54) is 0 Å². The lowest BCUT2D eigenvalue weighted by Crippen LogP contribution is -1.98. The quantitative estimate of drug-likeness (QED) is 0.656. The molecule has 2 heterocycles. The second-order valence-corrected chi connectivity index (χ2v) is 5.80. The third-order valence-electron chi connectivity index (χ3n) is 4.16. The Kier molecular flexibility index (Phi) is 5.14. The van der Waals surface area contributed by atoms with Crippen molar-refractivity contribution in [3.63, 3.8) is 0 Å². The van der Waals surface area contributed by atoms with Crippen molar-refractivity contribution >= 4 is 5.57 Å². The van der Waals surface area contributed by atoms with Crippen molar-refractivity contribution in [2.24, 2.45) is 7.05 Å². The first-order chi connectivity index (χ1) is 12.7. The van der Waals surface area contributed by atoms with Crippen LogP contribution in [0.2, 0.25) is 0 Å². The molecule has 0 fully saturated rings. The molecule has 0 unspecified atom stereocenters. The molecule has 0 saturated carbocycles. The summed E-state index contributed by atoms with van der Waals surface area (Å²) in [7, 11) is 1.83. The zero-order valence-corrected chi connectivity index (χ0v) is 15.1. The Balaban J connectivity index is 2.01. The Labute approximate surface area is 153 Å². The van der Waals surface area contributed by atoms with Gasteiger partial charge in [0.15, 0.2) is 0 Å². The standard InChI is InChI=1S/C21H20N4O/c1-4-16(5-2)17-10-9-15(14-22)12-20(17)26-21-13-19(24-25(21)3)18-8-6-7-11-23-18/h4,6-13H,5H2,1-3H3/b16-4+. The number of nitriles is 1. The van der Waals surface area contributed by atoms with Gasteiger partial charge in [-0.05, 0) is 49.2 Å². The predicted octanol–water partition coefficient (Wildman–Crippen LogP) is 4.96. The van der Waals surface area contributed by atoms with Gasteiger partial charge in [-0.1, -0.05) is 19.1 Å². The summed E-state index contributed by atoms with van der Waals surface area (Å²) in [6, 6.07) is 15.2. The van der Waals surface area contributed by atoms with Crippen molar-refractivity contribution in [3.05, 3.63) is 65.9 Å². The molecule has 0 aliphatic carbocycles. The summed E-state index contributed by atoms with van der Waals surface area (Å²) in [5.74, 6) is 1.24. The minimum absolute atomic E-state index is 0.558. The lowest BCUT2D eigenvalue weighted by Gasteiger charge is -2.13. The first-order valence-electron chi connectivity index (χ1n) is 8.49. The van der Waals surface area contributed by atoms with Gasteiger partial charge in [0.2, 0.25) is 5.88 Å². The van der Waals surface area contributed by atoms with Gasteiger partial charge in [0, 0.05) is 24.9 Å². The lowest BCUT2D eigenvalue weighted by atomic mass is 10.0. The van der Waals surface area contributed by atoms with Gasteiger partial charge in [-0.2, -0.15) is 10.4 Å². The van der Waals surface area contributed by atoms with Crippen LogP contribution >= 0.6 is 0 Å². The van der Waals surface area contributed by atoms with Gasteiger partial charge in [0.25, 0.3) is 0 Å². The van der Waals surface area contributed by atoms with Crippen LogP contribution < -0.4 is 4.74 Å². The monoisotopic (exact) mass is 344 g/mol. The topological polar surface area (TPSA) is 63.7 Å². The molecule has 26 heavy (non-hydrogen) atoms. The molecule has 1 aromatic carbocycles. The first-order valence-corrected chi connectivity index (χ1v) is 8.49. The Morgan fingerprint density at radius 2 is 2.08 bits per heavy atom. The first kappa shape index (κ1) is 17.4. The van der Waals surface area contributed by atoms with E-state index in [0.717, 1.165) is 28.9 Å². The molecule has 0 aliphatic rings. The molecule has 0 aliphatic heterocycles. The number of aryl methyl sites for hydroxylation is 1. The number of ether oxygens (including phenoxy) is 1. The average molecular weight is 344 g/mol. The zero-order valence-electron chi connectivity index (χ0n) is 15.1. The van der Waals surface area contributed by atoms with Crippen molar-refractivity contribution in [1.29, 1.82) is 5.26 Å². The molecular weight excluding hydrogens is 324 g/mol. The molecule has 5 nitrogen and oxygen atoms in total. The van der Waals surface area contributed by atoms with E-state index in [1.807, 2.05) is 50.4 Å². The Bertz CT molecular complexity index is 981. The maximum Gasteiger partial charge on any atom is 0.218 e. The maximum atomic E-state index is 9.23. The molecule has 5 heteroatoms. The largest absolute Gasteiger partial charge is 0.439 e. The van der Waals surface area contributed by atoms with Crippen molar-refractivity contribution in [2.45, 2.75) is 20.3 Å². The molecule has 130 valence electrons. The number of hydrogen-bond donors (Lipinski definition) is 0. The summed E-state index contributed by atoms with van der Waals surface area (Å²) in [6.45, 7) is 4.10. The van der Waals surface area contributed by atoms with E-state index in [2.05, 4.69) is 29.2 Å². The highest BCUT2D eigenvalue weighted by molar-refractivity contribution is 5.71. The van der Waals surface area contributed by atoms with Crippen molar-refractivity contribution in [3.8, 4) is 29.1 Å². The van der Waals surface area contributed by atoms with Crippen LogP contribution in [0.5, 0.6) is 11.6 Å². The van der Waals surface area contributed by atoms with Crippen molar-refractivity contribution < 1.29 is 4.74 Å². The van der Waals surface area contributed by atoms with Crippen LogP contribution in [-0.4, -0.2) is 14.8 Å². The van der Waals surface area contributed by atoms with Crippen LogP contribution in [0.3, 0.4) is 0 Å².